The number of ether oxygens (including phenoxy) is 2. The average Bonchev–Trinajstić information content (AvgIpc) is 2.84. The van der Waals surface area contributed by atoms with Gasteiger partial charge in [-0.15, -0.1) is 0 Å². The standard InChI is InChI=1S/C16H15F2N3O5/c17-16(18)12(22)10(8-25-13(23)9-4-2-1-3-5-9)26-14(16)21-7-6-11(19)20-15(21)24/h1-7,10,12,14,22H,8H2,(H2,19,20,24)/t10-,12-,14-/m1/s1. The van der Waals surface area contributed by atoms with Gasteiger partial charge in [-0.1, -0.05) is 18.2 Å². The van der Waals surface area contributed by atoms with Crippen molar-refractivity contribution in [2.45, 2.75) is 24.4 Å². The van der Waals surface area contributed by atoms with Crippen molar-refractivity contribution in [1.82, 2.24) is 9.55 Å². The third kappa shape index (κ3) is 3.28. The Hall–Kier alpha value is -2.85. The van der Waals surface area contributed by atoms with Crippen LogP contribution < -0.4 is 11.4 Å². The highest BCUT2D eigenvalue weighted by atomic mass is 19.3. The van der Waals surface area contributed by atoms with E-state index >= 15 is 0 Å². The fourth-order valence-corrected chi connectivity index (χ4v) is 2.53. The van der Waals surface area contributed by atoms with E-state index in [0.717, 1.165) is 12.3 Å². The van der Waals surface area contributed by atoms with Crippen molar-refractivity contribution >= 4 is 11.8 Å². The number of halogens is 2. The zero-order chi connectivity index (χ0) is 18.9. The molecule has 3 N–H and O–H groups in total. The maximum atomic E-state index is 14.3. The molecule has 0 saturated carbocycles. The van der Waals surface area contributed by atoms with E-state index < -0.39 is 42.6 Å². The summed E-state index contributed by atoms with van der Waals surface area (Å²) in [7, 11) is 0. The van der Waals surface area contributed by atoms with Crippen LogP contribution in [0.4, 0.5) is 14.6 Å². The van der Waals surface area contributed by atoms with Gasteiger partial charge in [-0.3, -0.25) is 4.57 Å². The maximum Gasteiger partial charge on any atom is 0.351 e. The van der Waals surface area contributed by atoms with Crippen LogP contribution in [-0.2, 0) is 9.47 Å². The molecule has 2 aromatic rings. The van der Waals surface area contributed by atoms with Crippen molar-refractivity contribution in [2.24, 2.45) is 0 Å². The Morgan fingerprint density at radius 1 is 1.35 bits per heavy atom. The third-order valence-corrected chi connectivity index (χ3v) is 3.87. The Kier molecular flexibility index (Phi) is 4.70. The van der Waals surface area contributed by atoms with E-state index in [4.69, 9.17) is 15.2 Å². The van der Waals surface area contributed by atoms with Gasteiger partial charge in [0, 0.05) is 6.20 Å². The third-order valence-electron chi connectivity index (χ3n) is 3.87. The van der Waals surface area contributed by atoms with Gasteiger partial charge in [-0.05, 0) is 18.2 Å². The van der Waals surface area contributed by atoms with Gasteiger partial charge in [-0.2, -0.15) is 13.8 Å². The molecular formula is C16H15F2N3O5. The number of nitrogen functional groups attached to an aromatic ring is 1. The topological polar surface area (TPSA) is 117 Å². The van der Waals surface area contributed by atoms with Crippen molar-refractivity contribution in [3.8, 4) is 0 Å². The molecule has 0 aliphatic carbocycles. The first-order valence-electron chi connectivity index (χ1n) is 7.59. The fourth-order valence-electron chi connectivity index (χ4n) is 2.53. The van der Waals surface area contributed by atoms with E-state index in [-0.39, 0.29) is 11.4 Å². The van der Waals surface area contributed by atoms with Crippen LogP contribution in [-0.4, -0.2) is 45.4 Å². The number of rotatable bonds is 4. The minimum Gasteiger partial charge on any atom is -0.459 e. The van der Waals surface area contributed by atoms with Crippen molar-refractivity contribution in [1.29, 1.82) is 0 Å². The number of alkyl halides is 2. The SMILES string of the molecule is Nc1ccn([C@@H]2O[C@H](COC(=O)c3ccccc3)[C@@H](O)C2(F)F)c(=O)n1. The Morgan fingerprint density at radius 3 is 2.69 bits per heavy atom. The van der Waals surface area contributed by atoms with Crippen molar-refractivity contribution in [3.05, 3.63) is 58.6 Å². The van der Waals surface area contributed by atoms with Crippen LogP contribution in [0.5, 0.6) is 0 Å². The summed E-state index contributed by atoms with van der Waals surface area (Å²) < 4.78 is 39.2. The number of hydrogen-bond donors (Lipinski definition) is 2. The number of esters is 1. The van der Waals surface area contributed by atoms with Gasteiger partial charge >= 0.3 is 17.6 Å². The molecule has 2 heterocycles. The molecule has 0 unspecified atom stereocenters. The van der Waals surface area contributed by atoms with E-state index in [1.165, 1.54) is 12.1 Å². The number of nitrogens with two attached hydrogens (primary N) is 1. The highest BCUT2D eigenvalue weighted by Gasteiger charge is 2.60. The Morgan fingerprint density at radius 2 is 2.04 bits per heavy atom. The van der Waals surface area contributed by atoms with Gasteiger partial charge in [0.25, 0.3) is 0 Å². The summed E-state index contributed by atoms with van der Waals surface area (Å²) in [5.74, 6) is -4.69. The lowest BCUT2D eigenvalue weighted by atomic mass is 10.1. The largest absolute Gasteiger partial charge is 0.459 e. The zero-order valence-corrected chi connectivity index (χ0v) is 13.3. The fraction of sp³-hybridized carbons (Fsp3) is 0.312. The van der Waals surface area contributed by atoms with E-state index in [1.807, 2.05) is 0 Å². The van der Waals surface area contributed by atoms with Gasteiger partial charge < -0.3 is 20.3 Å². The Balaban J connectivity index is 1.74. The summed E-state index contributed by atoms with van der Waals surface area (Å²) in [6, 6.07) is 9.06. The Bertz CT molecular complexity index is 858. The summed E-state index contributed by atoms with van der Waals surface area (Å²) in [4.78, 5) is 27.0. The van der Waals surface area contributed by atoms with Crippen molar-refractivity contribution < 1.29 is 28.2 Å². The molecule has 1 saturated heterocycles. The minimum absolute atomic E-state index is 0.138. The number of aliphatic hydroxyl groups is 1. The number of hydrogen-bond acceptors (Lipinski definition) is 7. The Labute approximate surface area is 145 Å². The van der Waals surface area contributed by atoms with E-state index in [0.29, 0.717) is 4.57 Å². The quantitative estimate of drug-likeness (QED) is 0.759. The van der Waals surface area contributed by atoms with Crippen LogP contribution >= 0.6 is 0 Å². The molecule has 8 nitrogen and oxygen atoms in total. The highest BCUT2D eigenvalue weighted by molar-refractivity contribution is 5.89. The molecule has 0 bridgehead atoms. The molecule has 0 amide bonds. The molecule has 0 spiro atoms. The molecule has 10 heteroatoms. The first kappa shape index (κ1) is 18.0. The molecule has 0 radical (unpaired) electrons. The lowest BCUT2D eigenvalue weighted by Gasteiger charge is -2.20. The molecule has 1 aromatic heterocycles. The van der Waals surface area contributed by atoms with Crippen molar-refractivity contribution in [2.75, 3.05) is 12.3 Å². The summed E-state index contributed by atoms with van der Waals surface area (Å²) in [6.07, 6.45) is -4.90. The second kappa shape index (κ2) is 6.81. The molecule has 3 atom stereocenters. The van der Waals surface area contributed by atoms with Crippen LogP contribution in [0.3, 0.4) is 0 Å². The molecule has 138 valence electrons. The molecule has 1 aliphatic rings. The maximum absolute atomic E-state index is 14.3. The molecule has 26 heavy (non-hydrogen) atoms. The van der Waals surface area contributed by atoms with E-state index in [1.54, 1.807) is 18.2 Å². The first-order valence-corrected chi connectivity index (χ1v) is 7.59. The van der Waals surface area contributed by atoms with Gasteiger partial charge in [0.15, 0.2) is 6.10 Å². The monoisotopic (exact) mass is 367 g/mol. The second-order valence-corrected chi connectivity index (χ2v) is 5.65. The predicted molar refractivity (Wildman–Crippen MR) is 84.5 cm³/mol. The number of aromatic nitrogens is 2. The van der Waals surface area contributed by atoms with Crippen LogP contribution in [0.15, 0.2) is 47.4 Å². The first-order chi connectivity index (χ1) is 12.3. The highest BCUT2D eigenvalue weighted by Crippen LogP contribution is 2.42. The zero-order valence-electron chi connectivity index (χ0n) is 13.3. The normalized spacial score (nSPS) is 24.3. The number of nitrogens with zero attached hydrogens (tertiary/aromatic N) is 2. The number of carbonyl (C=O) groups is 1. The van der Waals surface area contributed by atoms with E-state index in [9.17, 15) is 23.5 Å². The predicted octanol–water partition coefficient (Wildman–Crippen LogP) is 0.576. The molecule has 1 aromatic carbocycles. The van der Waals surface area contributed by atoms with Crippen LogP contribution in [0, 0.1) is 0 Å². The summed E-state index contributed by atoms with van der Waals surface area (Å²) in [6.45, 7) is -0.613. The summed E-state index contributed by atoms with van der Waals surface area (Å²) >= 11 is 0. The molecule has 1 aliphatic heterocycles. The van der Waals surface area contributed by atoms with Crippen LogP contribution in [0.2, 0.25) is 0 Å². The van der Waals surface area contributed by atoms with Crippen molar-refractivity contribution in [3.63, 3.8) is 0 Å². The smallest absolute Gasteiger partial charge is 0.351 e. The molecule has 3 rings (SSSR count). The summed E-state index contributed by atoms with van der Waals surface area (Å²) in [5.41, 5.74) is 4.50. The van der Waals surface area contributed by atoms with Crippen LogP contribution in [0.1, 0.15) is 16.6 Å². The van der Waals surface area contributed by atoms with Gasteiger partial charge in [0.1, 0.15) is 18.5 Å². The van der Waals surface area contributed by atoms with Gasteiger partial charge in [0.05, 0.1) is 5.56 Å². The molecule has 1 fully saturated rings. The molecular weight excluding hydrogens is 352 g/mol. The second-order valence-electron chi connectivity index (χ2n) is 5.65. The van der Waals surface area contributed by atoms with E-state index in [2.05, 4.69) is 4.98 Å². The number of aliphatic hydroxyl groups excluding tert-OH is 1. The van der Waals surface area contributed by atoms with Gasteiger partial charge in [-0.25, -0.2) is 9.59 Å². The summed E-state index contributed by atoms with van der Waals surface area (Å²) in [5, 5.41) is 9.85. The number of benzene rings is 1. The minimum atomic E-state index is -3.80. The van der Waals surface area contributed by atoms with Gasteiger partial charge in [0.2, 0.25) is 6.23 Å². The van der Waals surface area contributed by atoms with Crippen LogP contribution in [0.25, 0.3) is 0 Å². The number of carbonyl (C=O) groups excluding carboxylic acids is 1. The lowest BCUT2D eigenvalue weighted by molar-refractivity contribution is -0.141. The number of anilines is 1. The lowest BCUT2D eigenvalue weighted by Crippen LogP contribution is -2.42. The average molecular weight is 367 g/mol.